The quantitative estimate of drug-likeness (QED) is 0.153. The summed E-state index contributed by atoms with van der Waals surface area (Å²) >= 11 is 0. The van der Waals surface area contributed by atoms with Crippen molar-refractivity contribution >= 4 is 5.97 Å². The van der Waals surface area contributed by atoms with Crippen LogP contribution in [0.4, 0.5) is 0 Å². The minimum Gasteiger partial charge on any atom is -0.508 e. The van der Waals surface area contributed by atoms with Crippen LogP contribution in [0.15, 0.2) is 54.6 Å². The first-order valence-electron chi connectivity index (χ1n) is 12.9. The van der Waals surface area contributed by atoms with Gasteiger partial charge in [0.15, 0.2) is 17.6 Å². The van der Waals surface area contributed by atoms with Gasteiger partial charge < -0.3 is 54.7 Å². The number of ether oxygens (including phenoxy) is 4. The van der Waals surface area contributed by atoms with Gasteiger partial charge in [0.1, 0.15) is 40.8 Å². The summed E-state index contributed by atoms with van der Waals surface area (Å²) in [6.45, 7) is -1.15. The Labute approximate surface area is 234 Å². The number of esters is 1. The number of rotatable bonds is 8. The van der Waals surface area contributed by atoms with Crippen LogP contribution in [0, 0.1) is 0 Å². The minimum atomic E-state index is -1.93. The molecule has 0 radical (unpaired) electrons. The van der Waals surface area contributed by atoms with E-state index >= 15 is 0 Å². The topological polar surface area (TPSA) is 196 Å². The van der Waals surface area contributed by atoms with Gasteiger partial charge in [-0.2, -0.15) is 0 Å². The third-order valence-electron chi connectivity index (χ3n) is 7.14. The second kappa shape index (κ2) is 11.3. The van der Waals surface area contributed by atoms with E-state index < -0.39 is 48.5 Å². The number of carbonyl (C=O) groups excluding carboxylic acids is 1. The Hall–Kier alpha value is -4.23. The molecule has 3 aromatic rings. The van der Waals surface area contributed by atoms with Gasteiger partial charge in [0.25, 0.3) is 0 Å². The van der Waals surface area contributed by atoms with E-state index in [2.05, 4.69) is 0 Å². The van der Waals surface area contributed by atoms with Crippen LogP contribution in [0.1, 0.15) is 29.2 Å². The lowest BCUT2D eigenvalue weighted by molar-refractivity contribution is -0.155. The maximum atomic E-state index is 12.9. The number of phenolic OH excluding ortho intramolecular Hbond substituents is 4. The number of carbonyl (C=O) groups is 1. The molecule has 0 aliphatic carbocycles. The van der Waals surface area contributed by atoms with Gasteiger partial charge in [-0.05, 0) is 36.2 Å². The van der Waals surface area contributed by atoms with E-state index in [9.17, 15) is 40.5 Å². The molecule has 7 N–H and O–H groups in total. The summed E-state index contributed by atoms with van der Waals surface area (Å²) < 4.78 is 23.1. The molecule has 2 aliphatic rings. The smallest absolute Gasteiger partial charge is 0.306 e. The molecule has 0 aromatic heterocycles. The van der Waals surface area contributed by atoms with E-state index in [1.54, 1.807) is 12.1 Å². The van der Waals surface area contributed by atoms with Crippen LogP contribution in [-0.2, 0) is 27.1 Å². The molecule has 0 saturated carbocycles. The number of aryl methyl sites for hydroxylation is 1. The first kappa shape index (κ1) is 28.3. The molecule has 3 unspecified atom stereocenters. The lowest BCUT2D eigenvalue weighted by Crippen LogP contribution is -2.48. The van der Waals surface area contributed by atoms with Crippen molar-refractivity contribution in [1.82, 2.24) is 0 Å². The highest BCUT2D eigenvalue weighted by Crippen LogP contribution is 2.45. The highest BCUT2D eigenvalue weighted by Gasteiger charge is 2.49. The number of hydrogen-bond donors (Lipinski definition) is 7. The molecule has 3 aromatic carbocycles. The molecule has 0 bridgehead atoms. The van der Waals surface area contributed by atoms with Gasteiger partial charge in [0.05, 0.1) is 13.2 Å². The van der Waals surface area contributed by atoms with Gasteiger partial charge in [-0.1, -0.05) is 18.2 Å². The fraction of sp³-hybridized carbons (Fsp3) is 0.345. The molecular formula is C29H30O12. The molecule has 1 fully saturated rings. The van der Waals surface area contributed by atoms with E-state index in [0.29, 0.717) is 17.5 Å². The number of benzene rings is 3. The molecular weight excluding hydrogens is 540 g/mol. The standard InChI is InChI=1S/C29H30O12/c30-13-29(37)14-38-28(27(29)36)41-23-11-18(32)10-22-19(23)12-24(26(40-22)16-4-7-20(33)21(34)9-16)39-25(35)8-3-15-1-5-17(31)6-2-15/h1-2,4-7,9-11,24,26-28,30-34,36-37H,3,8,12-14H2/t24-,26+,27?,28?,29?/m0/s1. The lowest BCUT2D eigenvalue weighted by atomic mass is 9.93. The summed E-state index contributed by atoms with van der Waals surface area (Å²) in [5, 5.41) is 69.9. The molecule has 12 nitrogen and oxygen atoms in total. The molecule has 1 saturated heterocycles. The van der Waals surface area contributed by atoms with E-state index in [4.69, 9.17) is 18.9 Å². The summed E-state index contributed by atoms with van der Waals surface area (Å²) in [6, 6.07) is 13.1. The van der Waals surface area contributed by atoms with Crippen molar-refractivity contribution in [1.29, 1.82) is 0 Å². The molecule has 0 spiro atoms. The van der Waals surface area contributed by atoms with E-state index in [1.807, 2.05) is 0 Å². The third kappa shape index (κ3) is 5.95. The van der Waals surface area contributed by atoms with Crippen molar-refractivity contribution in [2.45, 2.75) is 49.5 Å². The van der Waals surface area contributed by atoms with Crippen LogP contribution < -0.4 is 9.47 Å². The van der Waals surface area contributed by atoms with E-state index in [0.717, 1.165) is 5.56 Å². The molecule has 5 atom stereocenters. The summed E-state index contributed by atoms with van der Waals surface area (Å²) in [4.78, 5) is 12.9. The molecule has 2 heterocycles. The van der Waals surface area contributed by atoms with Crippen molar-refractivity contribution in [2.75, 3.05) is 13.2 Å². The van der Waals surface area contributed by atoms with Crippen LogP contribution in [0.5, 0.6) is 34.5 Å². The normalized spacial score (nSPS) is 25.2. The number of aliphatic hydroxyl groups excluding tert-OH is 2. The Morgan fingerprint density at radius 3 is 2.41 bits per heavy atom. The monoisotopic (exact) mass is 570 g/mol. The predicted molar refractivity (Wildman–Crippen MR) is 140 cm³/mol. The second-order valence-electron chi connectivity index (χ2n) is 10.1. The van der Waals surface area contributed by atoms with Crippen LogP contribution in [0.25, 0.3) is 0 Å². The van der Waals surface area contributed by atoms with Crippen molar-refractivity contribution in [3.05, 3.63) is 71.3 Å². The SMILES string of the molecule is O=C(CCc1ccc(O)cc1)O[C@H]1Cc2c(OC3OCC(O)(CO)C3O)cc(O)cc2O[C@@H]1c1ccc(O)c(O)c1. The van der Waals surface area contributed by atoms with Gasteiger partial charge in [-0.15, -0.1) is 0 Å². The molecule has 5 rings (SSSR count). The highest BCUT2D eigenvalue weighted by molar-refractivity contribution is 5.70. The average Bonchev–Trinajstić information content (AvgIpc) is 3.23. The fourth-order valence-corrected chi connectivity index (χ4v) is 4.80. The molecule has 12 heteroatoms. The predicted octanol–water partition coefficient (Wildman–Crippen LogP) is 1.55. The number of phenols is 4. The molecule has 0 amide bonds. The summed E-state index contributed by atoms with van der Waals surface area (Å²) in [7, 11) is 0. The number of hydrogen-bond acceptors (Lipinski definition) is 12. The summed E-state index contributed by atoms with van der Waals surface area (Å²) in [5.41, 5.74) is -0.363. The van der Waals surface area contributed by atoms with Gasteiger partial charge in [-0.25, -0.2) is 0 Å². The highest BCUT2D eigenvalue weighted by atomic mass is 16.7. The summed E-state index contributed by atoms with van der Waals surface area (Å²) in [6.07, 6.45) is -4.49. The van der Waals surface area contributed by atoms with Crippen molar-refractivity contribution in [3.8, 4) is 34.5 Å². The fourth-order valence-electron chi connectivity index (χ4n) is 4.80. The zero-order valence-corrected chi connectivity index (χ0v) is 21.7. The van der Waals surface area contributed by atoms with E-state index in [1.165, 1.54) is 42.5 Å². The van der Waals surface area contributed by atoms with Crippen LogP contribution >= 0.6 is 0 Å². The minimum absolute atomic E-state index is 0.0163. The maximum absolute atomic E-state index is 12.9. The number of fused-ring (bicyclic) bond motifs is 1. The molecule has 2 aliphatic heterocycles. The van der Waals surface area contributed by atoms with Crippen LogP contribution in [-0.4, -0.2) is 79.0 Å². The largest absolute Gasteiger partial charge is 0.508 e. The first-order chi connectivity index (χ1) is 19.6. The average molecular weight is 571 g/mol. The van der Waals surface area contributed by atoms with Gasteiger partial charge in [0.2, 0.25) is 6.29 Å². The Morgan fingerprint density at radius 2 is 1.73 bits per heavy atom. The van der Waals surface area contributed by atoms with Gasteiger partial charge in [0, 0.05) is 36.1 Å². The second-order valence-corrected chi connectivity index (χ2v) is 10.1. The van der Waals surface area contributed by atoms with Crippen LogP contribution in [0.3, 0.4) is 0 Å². The van der Waals surface area contributed by atoms with Crippen molar-refractivity contribution < 1.29 is 59.5 Å². The number of aromatic hydroxyl groups is 4. The maximum Gasteiger partial charge on any atom is 0.306 e. The summed E-state index contributed by atoms with van der Waals surface area (Å²) in [5.74, 6) is -1.25. The first-order valence-corrected chi connectivity index (χ1v) is 12.9. The third-order valence-corrected chi connectivity index (χ3v) is 7.14. The Bertz CT molecular complexity index is 1410. The van der Waals surface area contributed by atoms with Crippen LogP contribution in [0.2, 0.25) is 0 Å². The van der Waals surface area contributed by atoms with Crippen molar-refractivity contribution in [3.63, 3.8) is 0 Å². The Balaban J connectivity index is 1.42. The zero-order valence-electron chi connectivity index (χ0n) is 21.7. The van der Waals surface area contributed by atoms with E-state index in [-0.39, 0.29) is 48.2 Å². The molecule has 41 heavy (non-hydrogen) atoms. The molecule has 218 valence electrons. The number of aliphatic hydroxyl groups is 3. The van der Waals surface area contributed by atoms with Gasteiger partial charge >= 0.3 is 5.97 Å². The van der Waals surface area contributed by atoms with Gasteiger partial charge in [-0.3, -0.25) is 4.79 Å². The van der Waals surface area contributed by atoms with Crippen molar-refractivity contribution in [2.24, 2.45) is 0 Å². The zero-order chi connectivity index (χ0) is 29.3. The Morgan fingerprint density at radius 1 is 0.976 bits per heavy atom. The lowest BCUT2D eigenvalue weighted by Gasteiger charge is -2.35. The Kier molecular flexibility index (Phi) is 7.82.